The summed E-state index contributed by atoms with van der Waals surface area (Å²) in [6, 6.07) is 0.247. The molecule has 0 unspecified atom stereocenters. The second-order valence-corrected chi connectivity index (χ2v) is 4.29. The summed E-state index contributed by atoms with van der Waals surface area (Å²) >= 11 is 0. The first-order valence-corrected chi connectivity index (χ1v) is 5.59. The molecule has 0 heterocycles. The van der Waals surface area contributed by atoms with Gasteiger partial charge in [-0.15, -0.1) is 0 Å². The van der Waals surface area contributed by atoms with Crippen LogP contribution in [0.25, 0.3) is 0 Å². The van der Waals surface area contributed by atoms with Gasteiger partial charge in [0.2, 0.25) is 5.91 Å². The second-order valence-electron chi connectivity index (χ2n) is 4.29. The molecule has 1 saturated carbocycles. The second kappa shape index (κ2) is 5.73. The molecule has 4 nitrogen and oxygen atoms in total. The molecule has 86 valence electrons. The summed E-state index contributed by atoms with van der Waals surface area (Å²) in [5.74, 6) is -0.841. The van der Waals surface area contributed by atoms with Crippen LogP contribution < -0.4 is 5.32 Å². The van der Waals surface area contributed by atoms with Crippen molar-refractivity contribution in [3.63, 3.8) is 0 Å². The predicted molar refractivity (Wildman–Crippen MR) is 56.4 cm³/mol. The fraction of sp³-hybridized carbons (Fsp3) is 0.818. The number of carbonyl (C=O) groups is 2. The Morgan fingerprint density at radius 2 is 1.67 bits per heavy atom. The van der Waals surface area contributed by atoms with Crippen molar-refractivity contribution in [1.29, 1.82) is 0 Å². The molecule has 1 aliphatic rings. The fourth-order valence-corrected chi connectivity index (χ4v) is 2.19. The van der Waals surface area contributed by atoms with Gasteiger partial charge in [-0.05, 0) is 25.7 Å². The summed E-state index contributed by atoms with van der Waals surface area (Å²) in [6.07, 6.45) is 5.08. The normalized spacial score (nSPS) is 27.5. The summed E-state index contributed by atoms with van der Waals surface area (Å²) in [6.45, 7) is 1.53. The van der Waals surface area contributed by atoms with E-state index >= 15 is 0 Å². The standard InChI is InChI=1S/C11H19NO3/c1-8(13)12-10-6-2-4-9(11(14)15)5-3-7-10/h9-10H,2-7H2,1H3,(H,12,13)(H,14,15). The maximum atomic E-state index is 10.9. The molecule has 0 spiro atoms. The van der Waals surface area contributed by atoms with Gasteiger partial charge in [0.25, 0.3) is 0 Å². The average Bonchev–Trinajstić information content (AvgIpc) is 2.07. The molecule has 0 aromatic heterocycles. The lowest BCUT2D eigenvalue weighted by atomic mass is 9.89. The topological polar surface area (TPSA) is 66.4 Å². The summed E-state index contributed by atoms with van der Waals surface area (Å²) in [5, 5.41) is 11.8. The predicted octanol–water partition coefficient (Wildman–Crippen LogP) is 1.55. The van der Waals surface area contributed by atoms with Gasteiger partial charge in [-0.25, -0.2) is 0 Å². The van der Waals surface area contributed by atoms with Crippen LogP contribution in [0.4, 0.5) is 0 Å². The van der Waals surface area contributed by atoms with Crippen LogP contribution >= 0.6 is 0 Å². The molecule has 1 rings (SSSR count). The molecule has 0 atom stereocenters. The van der Waals surface area contributed by atoms with Gasteiger partial charge in [0, 0.05) is 13.0 Å². The van der Waals surface area contributed by atoms with Crippen molar-refractivity contribution >= 4 is 11.9 Å². The van der Waals surface area contributed by atoms with E-state index in [9.17, 15) is 9.59 Å². The van der Waals surface area contributed by atoms with Crippen molar-refractivity contribution < 1.29 is 14.7 Å². The van der Waals surface area contributed by atoms with Gasteiger partial charge in [0.15, 0.2) is 0 Å². The lowest BCUT2D eigenvalue weighted by Crippen LogP contribution is -2.34. The number of carboxylic acid groups (broad SMARTS) is 1. The van der Waals surface area contributed by atoms with Crippen molar-refractivity contribution in [1.82, 2.24) is 5.32 Å². The third-order valence-corrected chi connectivity index (χ3v) is 2.97. The molecule has 0 saturated heterocycles. The van der Waals surface area contributed by atoms with E-state index < -0.39 is 5.97 Å². The van der Waals surface area contributed by atoms with E-state index in [1.165, 1.54) is 6.92 Å². The zero-order valence-corrected chi connectivity index (χ0v) is 9.16. The monoisotopic (exact) mass is 213 g/mol. The maximum Gasteiger partial charge on any atom is 0.306 e. The Morgan fingerprint density at radius 3 is 2.07 bits per heavy atom. The number of carbonyl (C=O) groups excluding carboxylic acids is 1. The Morgan fingerprint density at radius 1 is 1.13 bits per heavy atom. The first kappa shape index (κ1) is 12.0. The SMILES string of the molecule is CC(=O)NC1CCCC(C(=O)O)CCC1. The summed E-state index contributed by atoms with van der Waals surface area (Å²) in [4.78, 5) is 21.7. The van der Waals surface area contributed by atoms with E-state index in [2.05, 4.69) is 5.32 Å². The zero-order valence-electron chi connectivity index (χ0n) is 9.16. The lowest BCUT2D eigenvalue weighted by molar-refractivity contribution is -0.142. The van der Waals surface area contributed by atoms with Gasteiger partial charge in [-0.2, -0.15) is 0 Å². The van der Waals surface area contributed by atoms with E-state index in [0.717, 1.165) is 38.5 Å². The third-order valence-electron chi connectivity index (χ3n) is 2.97. The van der Waals surface area contributed by atoms with Crippen molar-refractivity contribution in [2.24, 2.45) is 5.92 Å². The quantitative estimate of drug-likeness (QED) is 0.731. The molecule has 15 heavy (non-hydrogen) atoms. The molecular formula is C11H19NO3. The van der Waals surface area contributed by atoms with Crippen LogP contribution in [-0.4, -0.2) is 23.0 Å². The number of aliphatic carboxylic acids is 1. The highest BCUT2D eigenvalue weighted by Crippen LogP contribution is 2.22. The van der Waals surface area contributed by atoms with Crippen molar-refractivity contribution in [2.45, 2.75) is 51.5 Å². The molecule has 1 fully saturated rings. The Balaban J connectivity index is 2.36. The lowest BCUT2D eigenvalue weighted by Gasteiger charge is -2.22. The zero-order chi connectivity index (χ0) is 11.3. The molecule has 0 bridgehead atoms. The highest BCUT2D eigenvalue weighted by molar-refractivity contribution is 5.73. The Kier molecular flexibility index (Phi) is 4.59. The first-order chi connectivity index (χ1) is 7.09. The molecule has 4 heteroatoms. The molecule has 2 N–H and O–H groups in total. The van der Waals surface area contributed by atoms with Crippen LogP contribution in [-0.2, 0) is 9.59 Å². The van der Waals surface area contributed by atoms with Crippen molar-refractivity contribution in [3.05, 3.63) is 0 Å². The van der Waals surface area contributed by atoms with Gasteiger partial charge >= 0.3 is 5.97 Å². The van der Waals surface area contributed by atoms with Gasteiger partial charge in [-0.3, -0.25) is 9.59 Å². The van der Waals surface area contributed by atoms with Crippen LogP contribution in [0.5, 0.6) is 0 Å². The van der Waals surface area contributed by atoms with Gasteiger partial charge in [0.05, 0.1) is 5.92 Å². The minimum atomic E-state index is -0.673. The molecule has 0 radical (unpaired) electrons. The third kappa shape index (κ3) is 4.32. The van der Waals surface area contributed by atoms with Gasteiger partial charge < -0.3 is 10.4 Å². The van der Waals surface area contributed by atoms with E-state index in [1.54, 1.807) is 0 Å². The smallest absolute Gasteiger partial charge is 0.306 e. The van der Waals surface area contributed by atoms with Gasteiger partial charge in [0.1, 0.15) is 0 Å². The Bertz CT molecular complexity index is 230. The number of amides is 1. The van der Waals surface area contributed by atoms with E-state index in [1.807, 2.05) is 0 Å². The minimum Gasteiger partial charge on any atom is -0.481 e. The highest BCUT2D eigenvalue weighted by atomic mass is 16.4. The summed E-state index contributed by atoms with van der Waals surface area (Å²) in [7, 11) is 0. The summed E-state index contributed by atoms with van der Waals surface area (Å²) in [5.41, 5.74) is 0. The number of carboxylic acids is 1. The number of hydrogen-bond acceptors (Lipinski definition) is 2. The van der Waals surface area contributed by atoms with Crippen LogP contribution in [0.1, 0.15) is 45.4 Å². The van der Waals surface area contributed by atoms with Crippen LogP contribution in [0.15, 0.2) is 0 Å². The van der Waals surface area contributed by atoms with Crippen LogP contribution in [0, 0.1) is 5.92 Å². The van der Waals surface area contributed by atoms with Crippen LogP contribution in [0.2, 0.25) is 0 Å². The van der Waals surface area contributed by atoms with Crippen molar-refractivity contribution in [3.8, 4) is 0 Å². The molecule has 1 aliphatic carbocycles. The molecule has 0 aromatic carbocycles. The highest BCUT2D eigenvalue weighted by Gasteiger charge is 2.21. The number of rotatable bonds is 2. The van der Waals surface area contributed by atoms with E-state index in [4.69, 9.17) is 5.11 Å². The maximum absolute atomic E-state index is 10.9. The molecule has 0 aliphatic heterocycles. The molecule has 1 amide bonds. The van der Waals surface area contributed by atoms with Gasteiger partial charge in [-0.1, -0.05) is 12.8 Å². The Labute approximate surface area is 90.0 Å². The van der Waals surface area contributed by atoms with Crippen LogP contribution in [0.3, 0.4) is 0 Å². The minimum absolute atomic E-state index is 0.00959. The van der Waals surface area contributed by atoms with Crippen molar-refractivity contribution in [2.75, 3.05) is 0 Å². The molecular weight excluding hydrogens is 194 g/mol. The van der Waals surface area contributed by atoms with E-state index in [-0.39, 0.29) is 17.9 Å². The Hall–Kier alpha value is -1.06. The van der Waals surface area contributed by atoms with E-state index in [0.29, 0.717) is 0 Å². The molecule has 0 aromatic rings. The number of hydrogen-bond donors (Lipinski definition) is 2. The fourth-order valence-electron chi connectivity index (χ4n) is 2.19. The largest absolute Gasteiger partial charge is 0.481 e. The summed E-state index contributed by atoms with van der Waals surface area (Å²) < 4.78 is 0. The first-order valence-electron chi connectivity index (χ1n) is 5.59. The number of nitrogens with one attached hydrogen (secondary N) is 1. The average molecular weight is 213 g/mol.